The van der Waals surface area contributed by atoms with Gasteiger partial charge in [-0.1, -0.05) is 30.3 Å². The van der Waals surface area contributed by atoms with Crippen molar-refractivity contribution in [3.8, 4) is 5.75 Å². The van der Waals surface area contributed by atoms with Gasteiger partial charge in [-0.3, -0.25) is 19.2 Å². The molecule has 1 heterocycles. The molecule has 236 valence electrons. The third-order valence-electron chi connectivity index (χ3n) is 7.06. The van der Waals surface area contributed by atoms with Gasteiger partial charge in [-0.2, -0.15) is 0 Å². The van der Waals surface area contributed by atoms with Crippen molar-refractivity contribution in [2.45, 2.75) is 62.7 Å². The maximum atomic E-state index is 13.8. The van der Waals surface area contributed by atoms with Crippen LogP contribution in [0.3, 0.4) is 0 Å². The number of amides is 4. The molecule has 4 atom stereocenters. The van der Waals surface area contributed by atoms with Crippen LogP contribution in [-0.4, -0.2) is 75.5 Å². The van der Waals surface area contributed by atoms with E-state index in [4.69, 9.17) is 17.2 Å². The summed E-state index contributed by atoms with van der Waals surface area (Å²) in [6.07, 6.45) is 2.36. The van der Waals surface area contributed by atoms with Crippen molar-refractivity contribution in [2.75, 3.05) is 6.54 Å². The number of nitrogens with two attached hydrogens (primary N) is 3. The van der Waals surface area contributed by atoms with E-state index >= 15 is 0 Å². The van der Waals surface area contributed by atoms with E-state index in [-0.39, 0.29) is 25.0 Å². The first-order valence-corrected chi connectivity index (χ1v) is 14.2. The number of aromatic nitrogens is 1. The van der Waals surface area contributed by atoms with Crippen molar-refractivity contribution >= 4 is 40.5 Å². The first-order valence-electron chi connectivity index (χ1n) is 14.2. The second-order valence-electron chi connectivity index (χ2n) is 10.5. The van der Waals surface area contributed by atoms with Crippen LogP contribution in [0.5, 0.6) is 5.75 Å². The largest absolute Gasteiger partial charge is 0.508 e. The number of aromatic amines is 1. The number of hydrogen-bond acceptors (Lipinski definition) is 8. The summed E-state index contributed by atoms with van der Waals surface area (Å²) in [5, 5.41) is 27.9. The molecule has 0 spiro atoms. The Hall–Kier alpha value is -4.95. The number of aromatic hydroxyl groups is 1. The smallest absolute Gasteiger partial charge is 0.326 e. The van der Waals surface area contributed by atoms with Crippen LogP contribution in [0.25, 0.3) is 10.9 Å². The van der Waals surface area contributed by atoms with E-state index in [1.165, 1.54) is 12.1 Å². The van der Waals surface area contributed by atoms with Gasteiger partial charge in [0.15, 0.2) is 0 Å². The van der Waals surface area contributed by atoms with Gasteiger partial charge in [0, 0.05) is 29.9 Å². The number of fused-ring (bicyclic) bond motifs is 1. The molecule has 3 aromatic rings. The van der Waals surface area contributed by atoms with Crippen molar-refractivity contribution in [2.24, 2.45) is 17.2 Å². The summed E-state index contributed by atoms with van der Waals surface area (Å²) < 4.78 is 0. The monoisotopic (exact) mass is 609 g/mol. The Morgan fingerprint density at radius 2 is 1.43 bits per heavy atom. The number of phenols is 1. The maximum absolute atomic E-state index is 13.8. The molecule has 0 bridgehead atoms. The van der Waals surface area contributed by atoms with E-state index in [0.717, 1.165) is 10.9 Å². The summed E-state index contributed by atoms with van der Waals surface area (Å²) in [4.78, 5) is 66.4. The Morgan fingerprint density at radius 1 is 0.818 bits per heavy atom. The number of carboxylic acid groups (broad SMARTS) is 1. The van der Waals surface area contributed by atoms with E-state index in [9.17, 15) is 34.2 Å². The molecule has 0 saturated carbocycles. The number of para-hydroxylation sites is 1. The van der Waals surface area contributed by atoms with E-state index in [1.54, 1.807) is 18.3 Å². The van der Waals surface area contributed by atoms with E-state index in [0.29, 0.717) is 30.5 Å². The van der Waals surface area contributed by atoms with Gasteiger partial charge in [0.25, 0.3) is 0 Å². The predicted octanol–water partition coefficient (Wildman–Crippen LogP) is -0.471. The highest BCUT2D eigenvalue weighted by molar-refractivity contribution is 5.95. The van der Waals surface area contributed by atoms with Crippen LogP contribution in [0.2, 0.25) is 0 Å². The number of aliphatic carboxylic acids is 1. The summed E-state index contributed by atoms with van der Waals surface area (Å²) in [7, 11) is 0. The van der Waals surface area contributed by atoms with Crippen LogP contribution < -0.4 is 33.2 Å². The normalized spacial score (nSPS) is 13.8. The fourth-order valence-electron chi connectivity index (χ4n) is 4.69. The second-order valence-corrected chi connectivity index (χ2v) is 10.5. The van der Waals surface area contributed by atoms with Crippen LogP contribution in [-0.2, 0) is 36.8 Å². The molecule has 14 nitrogen and oxygen atoms in total. The molecule has 0 fully saturated rings. The first kappa shape index (κ1) is 33.6. The van der Waals surface area contributed by atoms with E-state index in [1.807, 2.05) is 24.3 Å². The van der Waals surface area contributed by atoms with Gasteiger partial charge in [0.05, 0.1) is 12.5 Å². The number of carboxylic acids is 1. The Bertz CT molecular complexity index is 1460. The van der Waals surface area contributed by atoms with Gasteiger partial charge < -0.3 is 48.3 Å². The van der Waals surface area contributed by atoms with E-state index in [2.05, 4.69) is 20.9 Å². The van der Waals surface area contributed by atoms with Crippen LogP contribution in [0.15, 0.2) is 54.7 Å². The zero-order valence-electron chi connectivity index (χ0n) is 24.1. The summed E-state index contributed by atoms with van der Waals surface area (Å²) in [5.41, 5.74) is 18.6. The Morgan fingerprint density at radius 3 is 2.07 bits per heavy atom. The second kappa shape index (κ2) is 16.0. The first-order chi connectivity index (χ1) is 21.0. The van der Waals surface area contributed by atoms with Crippen molar-refractivity contribution in [3.05, 3.63) is 65.9 Å². The minimum absolute atomic E-state index is 0.00145. The number of nitrogens with one attached hydrogen (secondary N) is 4. The zero-order valence-corrected chi connectivity index (χ0v) is 24.1. The standard InChI is InChI=1S/C30H39N7O7/c31-12-4-3-7-23(30(43)44)35-28(41)24(13-17-8-10-19(38)11-9-17)37-29(42)25(36-27(40)21(32)15-26(33)39)14-18-16-34-22-6-2-1-5-20(18)22/h1-2,5-6,8-11,16,21,23-25,34,38H,3-4,7,12-15,31-32H2,(H2,33,39)(H,35,41)(H,36,40)(H,37,42)(H,43,44). The topological polar surface area (TPSA) is 256 Å². The molecule has 2 aromatic carbocycles. The molecule has 1 aromatic heterocycles. The van der Waals surface area contributed by atoms with Crippen LogP contribution in [0, 0.1) is 0 Å². The van der Waals surface area contributed by atoms with Crippen LogP contribution in [0.1, 0.15) is 36.8 Å². The molecule has 0 aliphatic carbocycles. The van der Waals surface area contributed by atoms with Gasteiger partial charge in [0.2, 0.25) is 23.6 Å². The minimum Gasteiger partial charge on any atom is -0.508 e. The third-order valence-corrected chi connectivity index (χ3v) is 7.06. The molecule has 0 aliphatic heterocycles. The Kier molecular flexibility index (Phi) is 12.2. The number of hydrogen-bond donors (Lipinski definition) is 9. The lowest BCUT2D eigenvalue weighted by atomic mass is 10.0. The minimum atomic E-state index is -1.31. The zero-order chi connectivity index (χ0) is 32.2. The molecule has 0 saturated heterocycles. The van der Waals surface area contributed by atoms with Crippen molar-refractivity contribution in [3.63, 3.8) is 0 Å². The lowest BCUT2D eigenvalue weighted by molar-refractivity contribution is -0.142. The number of H-pyrrole nitrogens is 1. The molecule has 0 radical (unpaired) electrons. The molecule has 12 N–H and O–H groups in total. The number of rotatable bonds is 17. The molecular formula is C30H39N7O7. The fraction of sp³-hybridized carbons (Fsp3) is 0.367. The van der Waals surface area contributed by atoms with Gasteiger partial charge in [0.1, 0.15) is 23.9 Å². The van der Waals surface area contributed by atoms with Gasteiger partial charge in [-0.15, -0.1) is 0 Å². The van der Waals surface area contributed by atoms with Gasteiger partial charge in [-0.05, 0) is 55.1 Å². The molecule has 4 amide bonds. The average Bonchev–Trinajstić information content (AvgIpc) is 3.39. The maximum Gasteiger partial charge on any atom is 0.326 e. The Balaban J connectivity index is 1.89. The summed E-state index contributed by atoms with van der Waals surface area (Å²) in [6.45, 7) is 0.368. The van der Waals surface area contributed by atoms with Crippen LogP contribution >= 0.6 is 0 Å². The molecule has 3 rings (SSSR count). The molecule has 14 heteroatoms. The Labute approximate surface area is 253 Å². The molecule has 44 heavy (non-hydrogen) atoms. The van der Waals surface area contributed by atoms with Crippen molar-refractivity contribution in [1.29, 1.82) is 0 Å². The lowest BCUT2D eigenvalue weighted by Crippen LogP contribution is -2.58. The van der Waals surface area contributed by atoms with Crippen molar-refractivity contribution in [1.82, 2.24) is 20.9 Å². The number of unbranched alkanes of at least 4 members (excludes halogenated alkanes) is 1. The lowest BCUT2D eigenvalue weighted by Gasteiger charge is -2.25. The summed E-state index contributed by atoms with van der Waals surface area (Å²) >= 11 is 0. The highest BCUT2D eigenvalue weighted by Crippen LogP contribution is 2.20. The van der Waals surface area contributed by atoms with Gasteiger partial charge >= 0.3 is 5.97 Å². The summed E-state index contributed by atoms with van der Waals surface area (Å²) in [6, 6.07) is 8.27. The number of carbonyl (C=O) groups is 5. The predicted molar refractivity (Wildman–Crippen MR) is 162 cm³/mol. The average molecular weight is 610 g/mol. The quantitative estimate of drug-likeness (QED) is 0.0895. The number of benzene rings is 2. The highest BCUT2D eigenvalue weighted by atomic mass is 16.4. The van der Waals surface area contributed by atoms with Crippen molar-refractivity contribution < 1.29 is 34.2 Å². The molecule has 0 aliphatic rings. The van der Waals surface area contributed by atoms with E-state index < -0.39 is 60.2 Å². The van der Waals surface area contributed by atoms with Gasteiger partial charge in [-0.25, -0.2) is 4.79 Å². The SMILES string of the molecule is NCCCCC(NC(=O)C(Cc1ccc(O)cc1)NC(=O)C(Cc1c[nH]c2ccccc12)NC(=O)C(N)CC(N)=O)C(=O)O. The number of phenolic OH excluding ortho intramolecular Hbond substituents is 1. The molecular weight excluding hydrogens is 570 g/mol. The number of primary amides is 1. The highest BCUT2D eigenvalue weighted by Gasteiger charge is 2.31. The fourth-order valence-corrected chi connectivity index (χ4v) is 4.69. The number of carbonyl (C=O) groups excluding carboxylic acids is 4. The molecule has 4 unspecified atom stereocenters. The summed E-state index contributed by atoms with van der Waals surface area (Å²) in [5.74, 6) is -4.33. The third kappa shape index (κ3) is 9.81. The van der Waals surface area contributed by atoms with Crippen LogP contribution in [0.4, 0.5) is 0 Å².